The van der Waals surface area contributed by atoms with E-state index in [0.717, 1.165) is 30.5 Å². The van der Waals surface area contributed by atoms with Crippen LogP contribution in [0.15, 0.2) is 35.1 Å². The van der Waals surface area contributed by atoms with Gasteiger partial charge in [-0.2, -0.15) is 5.10 Å². The normalized spacial score (nSPS) is 16.7. The van der Waals surface area contributed by atoms with E-state index in [1.807, 2.05) is 0 Å². The van der Waals surface area contributed by atoms with Crippen LogP contribution in [0.5, 0.6) is 0 Å². The van der Waals surface area contributed by atoms with Crippen molar-refractivity contribution in [3.8, 4) is 0 Å². The molecule has 23 heavy (non-hydrogen) atoms. The van der Waals surface area contributed by atoms with Gasteiger partial charge in [0.25, 0.3) is 5.56 Å². The molecule has 1 heterocycles. The van der Waals surface area contributed by atoms with Gasteiger partial charge in [0, 0.05) is 6.07 Å². The summed E-state index contributed by atoms with van der Waals surface area (Å²) < 4.78 is 1.22. The highest BCUT2D eigenvalue weighted by atomic mass is 35.5. The number of nitrogens with zero attached hydrogens (tertiary/aromatic N) is 2. The average molecular weight is 332 g/mol. The number of carbonyl (C=O) groups excluding carboxylic acids is 1. The molecule has 0 saturated heterocycles. The molecule has 1 aliphatic carbocycles. The fourth-order valence-electron chi connectivity index (χ4n) is 2.82. The highest BCUT2D eigenvalue weighted by molar-refractivity contribution is 6.33. The molecule has 6 heteroatoms. The molecule has 3 rings (SSSR count). The Bertz CT molecular complexity index is 801. The van der Waals surface area contributed by atoms with Crippen molar-refractivity contribution in [3.63, 3.8) is 0 Å². The summed E-state index contributed by atoms with van der Waals surface area (Å²) in [6, 6.07) is 8.59. The summed E-state index contributed by atoms with van der Waals surface area (Å²) in [6.07, 6.45) is 2.79. The number of nitrogens with one attached hydrogen (secondary N) is 1. The van der Waals surface area contributed by atoms with Crippen LogP contribution in [0.1, 0.15) is 24.6 Å². The molecule has 5 nitrogen and oxygen atoms in total. The minimum absolute atomic E-state index is 0.118. The number of hydrogen-bond donors (Lipinski definition) is 1. The third-order valence-electron chi connectivity index (χ3n) is 4.05. The lowest BCUT2D eigenvalue weighted by molar-refractivity contribution is -0.117. The van der Waals surface area contributed by atoms with Gasteiger partial charge in [-0.05, 0) is 42.9 Å². The van der Waals surface area contributed by atoms with E-state index in [2.05, 4.69) is 17.3 Å². The molecule has 1 aromatic heterocycles. The topological polar surface area (TPSA) is 64.0 Å². The number of amides is 1. The third-order valence-corrected chi connectivity index (χ3v) is 4.38. The fraction of sp³-hybridized carbons (Fsp3) is 0.353. The maximum atomic E-state index is 12.1. The summed E-state index contributed by atoms with van der Waals surface area (Å²) in [5, 5.41) is 7.52. The molecule has 1 N–H and O–H groups in total. The van der Waals surface area contributed by atoms with E-state index in [-0.39, 0.29) is 18.0 Å². The zero-order valence-corrected chi connectivity index (χ0v) is 13.6. The van der Waals surface area contributed by atoms with E-state index in [1.165, 1.54) is 4.68 Å². The minimum atomic E-state index is -0.322. The summed E-state index contributed by atoms with van der Waals surface area (Å²) in [5.74, 6) is 0.250. The van der Waals surface area contributed by atoms with Crippen LogP contribution in [0.3, 0.4) is 0 Å². The maximum Gasteiger partial charge on any atom is 0.267 e. The van der Waals surface area contributed by atoms with Crippen LogP contribution >= 0.6 is 11.6 Å². The molecule has 0 spiro atoms. The lowest BCUT2D eigenvalue weighted by Gasteiger charge is -2.20. The first-order valence-electron chi connectivity index (χ1n) is 7.67. The lowest BCUT2D eigenvalue weighted by Crippen LogP contribution is -2.32. The number of aryl methyl sites for hydroxylation is 1. The highest BCUT2D eigenvalue weighted by Crippen LogP contribution is 2.22. The second kappa shape index (κ2) is 6.54. The lowest BCUT2D eigenvalue weighted by atomic mass is 9.88. The molecule has 2 aromatic rings. The van der Waals surface area contributed by atoms with E-state index in [4.69, 9.17) is 11.6 Å². The first kappa shape index (κ1) is 15.7. The number of aromatic nitrogens is 2. The van der Waals surface area contributed by atoms with Gasteiger partial charge in [0.2, 0.25) is 5.91 Å². The molecular formula is C17H18ClN3O2. The number of fused-ring (bicyclic) bond motifs is 1. The Morgan fingerprint density at radius 2 is 2.22 bits per heavy atom. The number of benzene rings is 1. The summed E-state index contributed by atoms with van der Waals surface area (Å²) in [6.45, 7) is 2.05. The Hall–Kier alpha value is -2.14. The van der Waals surface area contributed by atoms with Gasteiger partial charge < -0.3 is 5.32 Å². The molecule has 0 unspecified atom stereocenters. The summed E-state index contributed by atoms with van der Waals surface area (Å²) in [7, 11) is 0. The molecule has 0 radical (unpaired) electrons. The van der Waals surface area contributed by atoms with E-state index in [0.29, 0.717) is 16.6 Å². The summed E-state index contributed by atoms with van der Waals surface area (Å²) in [4.78, 5) is 24.3. The predicted molar refractivity (Wildman–Crippen MR) is 89.8 cm³/mol. The number of anilines is 1. The van der Waals surface area contributed by atoms with Crippen molar-refractivity contribution in [2.75, 3.05) is 5.32 Å². The van der Waals surface area contributed by atoms with Crippen molar-refractivity contribution in [2.45, 2.75) is 32.7 Å². The minimum Gasteiger partial charge on any atom is -0.323 e. The standard InChI is InChI=1S/C17H18ClN3O2/c1-11-6-7-14-12(8-11)9-17(23)21(20-14)10-16(22)19-15-5-3-2-4-13(15)18/h2-5,9,11H,6-8,10H2,1H3,(H,19,22)/t11-/m1/s1. The number of rotatable bonds is 3. The van der Waals surface area contributed by atoms with E-state index in [1.54, 1.807) is 30.3 Å². The molecule has 1 amide bonds. The molecule has 120 valence electrons. The van der Waals surface area contributed by atoms with Crippen molar-refractivity contribution in [1.29, 1.82) is 0 Å². The van der Waals surface area contributed by atoms with Crippen LogP contribution in [0.2, 0.25) is 5.02 Å². The molecule has 1 aliphatic rings. The van der Waals surface area contributed by atoms with Gasteiger partial charge in [0.05, 0.1) is 16.4 Å². The van der Waals surface area contributed by atoms with Crippen molar-refractivity contribution < 1.29 is 4.79 Å². The second-order valence-electron chi connectivity index (χ2n) is 5.99. The van der Waals surface area contributed by atoms with Crippen LogP contribution < -0.4 is 10.9 Å². The average Bonchev–Trinajstić information content (AvgIpc) is 2.50. The van der Waals surface area contributed by atoms with Gasteiger partial charge in [-0.15, -0.1) is 0 Å². The second-order valence-corrected chi connectivity index (χ2v) is 6.40. The quantitative estimate of drug-likeness (QED) is 0.940. The number of hydrogen-bond acceptors (Lipinski definition) is 3. The van der Waals surface area contributed by atoms with Gasteiger partial charge in [0.1, 0.15) is 6.54 Å². The Balaban J connectivity index is 1.77. The molecule has 1 aromatic carbocycles. The Morgan fingerprint density at radius 1 is 1.43 bits per heavy atom. The SMILES string of the molecule is C[C@@H]1CCc2nn(CC(=O)Nc3ccccc3Cl)c(=O)cc2C1. The number of halogens is 1. The van der Waals surface area contributed by atoms with E-state index in [9.17, 15) is 9.59 Å². The monoisotopic (exact) mass is 331 g/mol. The van der Waals surface area contributed by atoms with E-state index < -0.39 is 0 Å². The van der Waals surface area contributed by atoms with Gasteiger partial charge in [-0.3, -0.25) is 9.59 Å². The molecule has 0 aliphatic heterocycles. The summed E-state index contributed by atoms with van der Waals surface area (Å²) >= 11 is 6.01. The largest absolute Gasteiger partial charge is 0.323 e. The van der Waals surface area contributed by atoms with Crippen molar-refractivity contribution in [2.24, 2.45) is 5.92 Å². The Kier molecular flexibility index (Phi) is 4.48. The Morgan fingerprint density at radius 3 is 3.00 bits per heavy atom. The predicted octanol–water partition coefficient (Wildman–Crippen LogP) is 2.66. The van der Waals surface area contributed by atoms with Crippen LogP contribution in [0, 0.1) is 5.92 Å². The van der Waals surface area contributed by atoms with Gasteiger partial charge in [-0.25, -0.2) is 4.68 Å². The van der Waals surface area contributed by atoms with Gasteiger partial charge in [-0.1, -0.05) is 30.7 Å². The zero-order valence-electron chi connectivity index (χ0n) is 12.9. The first-order valence-corrected chi connectivity index (χ1v) is 8.05. The van der Waals surface area contributed by atoms with Crippen LogP contribution in [-0.4, -0.2) is 15.7 Å². The number of carbonyl (C=O) groups is 1. The Labute approximate surface area is 139 Å². The molecule has 0 bridgehead atoms. The van der Waals surface area contributed by atoms with Crippen molar-refractivity contribution in [3.05, 3.63) is 57.0 Å². The molecule has 0 fully saturated rings. The fourth-order valence-corrected chi connectivity index (χ4v) is 3.00. The van der Waals surface area contributed by atoms with Gasteiger partial charge >= 0.3 is 0 Å². The molecule has 1 atom stereocenters. The van der Waals surface area contributed by atoms with Crippen molar-refractivity contribution >= 4 is 23.2 Å². The molecular weight excluding hydrogens is 314 g/mol. The third kappa shape index (κ3) is 3.62. The maximum absolute atomic E-state index is 12.1. The number of para-hydroxylation sites is 1. The smallest absolute Gasteiger partial charge is 0.267 e. The zero-order chi connectivity index (χ0) is 16.4. The summed E-state index contributed by atoms with van der Waals surface area (Å²) in [5.41, 5.74) is 2.22. The van der Waals surface area contributed by atoms with Crippen LogP contribution in [0.4, 0.5) is 5.69 Å². The van der Waals surface area contributed by atoms with Crippen molar-refractivity contribution in [1.82, 2.24) is 9.78 Å². The van der Waals surface area contributed by atoms with Crippen LogP contribution in [0.25, 0.3) is 0 Å². The molecule has 0 saturated carbocycles. The van der Waals surface area contributed by atoms with Gasteiger partial charge in [0.15, 0.2) is 0 Å². The highest BCUT2D eigenvalue weighted by Gasteiger charge is 2.19. The first-order chi connectivity index (χ1) is 11.0. The van der Waals surface area contributed by atoms with Crippen LogP contribution in [-0.2, 0) is 24.2 Å². The van der Waals surface area contributed by atoms with E-state index >= 15 is 0 Å².